The summed E-state index contributed by atoms with van der Waals surface area (Å²) in [7, 11) is 0. The van der Waals surface area contributed by atoms with Gasteiger partial charge in [0.15, 0.2) is 11.7 Å². The van der Waals surface area contributed by atoms with Crippen molar-refractivity contribution in [3.8, 4) is 0 Å². The molecule has 0 aromatic heterocycles. The fourth-order valence-electron chi connectivity index (χ4n) is 1.04. The number of halogens is 5. The molecular formula is C7H2ClF4NO3. The fourth-order valence-corrected chi connectivity index (χ4v) is 1.18. The van der Waals surface area contributed by atoms with Crippen LogP contribution in [0.2, 0.25) is 0 Å². The van der Waals surface area contributed by atoms with Crippen molar-refractivity contribution in [3.63, 3.8) is 0 Å². The van der Waals surface area contributed by atoms with Crippen molar-refractivity contribution in [2.75, 3.05) is 0 Å². The normalized spacial score (nSPS) is 30.1. The second kappa shape index (κ2) is 3.85. The summed E-state index contributed by atoms with van der Waals surface area (Å²) in [5.41, 5.74) is -1.41. The Labute approximate surface area is 90.3 Å². The first kappa shape index (κ1) is 12.6. The maximum Gasteiger partial charge on any atom is 0.416 e. The SMILES string of the molecule is O=C(Cl)C1=C[C@](F)([N+](=O)[O-])[C@@H](F)C(F)=C1F. The van der Waals surface area contributed by atoms with E-state index in [0.717, 1.165) is 0 Å². The van der Waals surface area contributed by atoms with Gasteiger partial charge in [0, 0.05) is 6.08 Å². The number of rotatable bonds is 2. The van der Waals surface area contributed by atoms with Gasteiger partial charge in [-0.1, -0.05) is 0 Å². The minimum absolute atomic E-state index is 0.286. The standard InChI is InChI=1S/C7H2ClF4NO3/c8-6(14)2-1-7(12,13(15)16)5(11)4(10)3(2)9/h1,5H/t5-,7-/m0/s1. The highest BCUT2D eigenvalue weighted by atomic mass is 35.5. The molecule has 0 unspecified atom stereocenters. The maximum absolute atomic E-state index is 13.3. The van der Waals surface area contributed by atoms with Crippen molar-refractivity contribution in [2.45, 2.75) is 12.0 Å². The van der Waals surface area contributed by atoms with E-state index in [1.165, 1.54) is 0 Å². The molecule has 0 aromatic rings. The zero-order chi connectivity index (χ0) is 12.7. The van der Waals surface area contributed by atoms with Gasteiger partial charge in [-0.3, -0.25) is 14.9 Å². The van der Waals surface area contributed by atoms with E-state index in [1.54, 1.807) is 0 Å². The number of nitrogens with zero attached hydrogens (tertiary/aromatic N) is 1. The summed E-state index contributed by atoms with van der Waals surface area (Å²) < 4.78 is 51.8. The third kappa shape index (κ3) is 1.69. The van der Waals surface area contributed by atoms with Crippen LogP contribution in [0.1, 0.15) is 0 Å². The van der Waals surface area contributed by atoms with E-state index in [2.05, 4.69) is 0 Å². The summed E-state index contributed by atoms with van der Waals surface area (Å²) >= 11 is 4.74. The second-order valence-corrected chi connectivity index (χ2v) is 3.18. The largest absolute Gasteiger partial charge is 0.416 e. The first-order valence-electron chi connectivity index (χ1n) is 3.67. The van der Waals surface area contributed by atoms with E-state index in [1.807, 2.05) is 0 Å². The predicted molar refractivity (Wildman–Crippen MR) is 43.9 cm³/mol. The van der Waals surface area contributed by atoms with Crippen LogP contribution in [0.4, 0.5) is 17.6 Å². The van der Waals surface area contributed by atoms with E-state index >= 15 is 0 Å². The highest BCUT2D eigenvalue weighted by Crippen LogP contribution is 2.39. The Morgan fingerprint density at radius 3 is 2.44 bits per heavy atom. The Morgan fingerprint density at radius 2 is 2.06 bits per heavy atom. The van der Waals surface area contributed by atoms with E-state index in [0.29, 0.717) is 0 Å². The molecule has 0 saturated heterocycles. The maximum atomic E-state index is 13.3. The third-order valence-electron chi connectivity index (χ3n) is 1.86. The molecule has 4 nitrogen and oxygen atoms in total. The van der Waals surface area contributed by atoms with Crippen molar-refractivity contribution in [1.82, 2.24) is 0 Å². The molecule has 0 spiro atoms. The monoisotopic (exact) mass is 259 g/mol. The van der Waals surface area contributed by atoms with Gasteiger partial charge in [-0.05, 0) is 11.6 Å². The van der Waals surface area contributed by atoms with Crippen molar-refractivity contribution in [1.29, 1.82) is 0 Å². The molecule has 0 amide bonds. The quantitative estimate of drug-likeness (QED) is 0.251. The molecule has 0 N–H and O–H groups in total. The molecule has 9 heteroatoms. The van der Waals surface area contributed by atoms with Crippen LogP contribution in [0, 0.1) is 10.1 Å². The molecule has 0 aliphatic heterocycles. The highest BCUT2D eigenvalue weighted by Gasteiger charge is 2.57. The average molecular weight is 260 g/mol. The lowest BCUT2D eigenvalue weighted by molar-refractivity contribution is -0.598. The van der Waals surface area contributed by atoms with Crippen molar-refractivity contribution in [3.05, 3.63) is 33.4 Å². The summed E-state index contributed by atoms with van der Waals surface area (Å²) in [6.07, 6.45) is -3.74. The summed E-state index contributed by atoms with van der Waals surface area (Å²) in [5, 5.41) is 8.52. The average Bonchev–Trinajstić information content (AvgIpc) is 2.19. The Bertz CT molecular complexity index is 435. The van der Waals surface area contributed by atoms with Gasteiger partial charge in [-0.15, -0.1) is 0 Å². The van der Waals surface area contributed by atoms with Gasteiger partial charge in [-0.2, -0.15) is 4.39 Å². The lowest BCUT2D eigenvalue weighted by Crippen LogP contribution is -2.44. The minimum atomic E-state index is -4.04. The number of hydrogen-bond donors (Lipinski definition) is 0. The van der Waals surface area contributed by atoms with Crippen molar-refractivity contribution < 1.29 is 27.3 Å². The van der Waals surface area contributed by atoms with E-state index in [-0.39, 0.29) is 6.08 Å². The molecule has 0 aromatic carbocycles. The Morgan fingerprint density at radius 1 is 1.56 bits per heavy atom. The second-order valence-electron chi connectivity index (χ2n) is 2.84. The molecular weight excluding hydrogens is 258 g/mol. The van der Waals surface area contributed by atoms with Gasteiger partial charge < -0.3 is 0 Å². The third-order valence-corrected chi connectivity index (χ3v) is 2.07. The molecule has 0 heterocycles. The summed E-state index contributed by atoms with van der Waals surface area (Å²) in [5.74, 6) is -8.45. The molecule has 0 bridgehead atoms. The Balaban J connectivity index is 3.41. The fraction of sp³-hybridized carbons (Fsp3) is 0.286. The number of hydrogen-bond acceptors (Lipinski definition) is 3. The van der Waals surface area contributed by atoms with Crippen LogP contribution in [0.5, 0.6) is 0 Å². The highest BCUT2D eigenvalue weighted by molar-refractivity contribution is 6.68. The minimum Gasteiger partial charge on any atom is -0.275 e. The smallest absolute Gasteiger partial charge is 0.275 e. The van der Waals surface area contributed by atoms with Gasteiger partial charge in [-0.25, -0.2) is 13.2 Å². The molecule has 1 aliphatic carbocycles. The van der Waals surface area contributed by atoms with Crippen LogP contribution in [-0.2, 0) is 4.79 Å². The Kier molecular flexibility index (Phi) is 3.04. The van der Waals surface area contributed by atoms with Crippen LogP contribution in [-0.4, -0.2) is 22.1 Å². The van der Waals surface area contributed by atoms with Crippen molar-refractivity contribution >= 4 is 16.8 Å². The summed E-state index contributed by atoms with van der Waals surface area (Å²) in [6.45, 7) is 0. The molecule has 0 fully saturated rings. The molecule has 1 rings (SSSR count). The van der Waals surface area contributed by atoms with Gasteiger partial charge in [0.1, 0.15) is 0 Å². The number of allylic oxidation sites excluding steroid dienone is 2. The molecule has 88 valence electrons. The van der Waals surface area contributed by atoms with Gasteiger partial charge in [0.2, 0.25) is 0 Å². The molecule has 16 heavy (non-hydrogen) atoms. The summed E-state index contributed by atoms with van der Waals surface area (Å²) in [4.78, 5) is 18.9. The van der Waals surface area contributed by atoms with Crippen LogP contribution >= 0.6 is 11.6 Å². The first-order valence-corrected chi connectivity index (χ1v) is 4.05. The van der Waals surface area contributed by atoms with Gasteiger partial charge in [0.05, 0.1) is 10.5 Å². The van der Waals surface area contributed by atoms with Crippen LogP contribution in [0.3, 0.4) is 0 Å². The lowest BCUT2D eigenvalue weighted by Gasteiger charge is -2.21. The number of alkyl halides is 2. The number of nitro groups is 1. The molecule has 0 saturated carbocycles. The zero-order valence-corrected chi connectivity index (χ0v) is 7.97. The van der Waals surface area contributed by atoms with Gasteiger partial charge in [0.25, 0.3) is 11.4 Å². The molecule has 1 aliphatic rings. The van der Waals surface area contributed by atoms with Crippen LogP contribution < -0.4 is 0 Å². The topological polar surface area (TPSA) is 60.2 Å². The molecule has 2 atom stereocenters. The van der Waals surface area contributed by atoms with Crippen LogP contribution in [0.25, 0.3) is 0 Å². The van der Waals surface area contributed by atoms with Crippen LogP contribution in [0.15, 0.2) is 23.3 Å². The number of carbonyl (C=O) groups excluding carboxylic acids is 1. The van der Waals surface area contributed by atoms with E-state index in [9.17, 15) is 32.5 Å². The van der Waals surface area contributed by atoms with E-state index < -0.39 is 39.4 Å². The summed E-state index contributed by atoms with van der Waals surface area (Å²) in [6, 6.07) is 0. The lowest BCUT2D eigenvalue weighted by atomic mass is 9.98. The van der Waals surface area contributed by atoms with Gasteiger partial charge >= 0.3 is 5.79 Å². The zero-order valence-electron chi connectivity index (χ0n) is 7.22. The first-order chi connectivity index (χ1) is 7.21. The number of carbonyl (C=O) groups is 1. The van der Waals surface area contributed by atoms with E-state index in [4.69, 9.17) is 11.6 Å². The van der Waals surface area contributed by atoms with Crippen molar-refractivity contribution in [2.24, 2.45) is 0 Å². The predicted octanol–water partition coefficient (Wildman–Crippen LogP) is 2.12. The molecule has 0 radical (unpaired) electrons. The Hall–Kier alpha value is -1.44.